The molecule has 1 amide bonds. The highest BCUT2D eigenvalue weighted by atomic mass is 16.2. The Morgan fingerprint density at radius 2 is 2.14 bits per heavy atom. The highest BCUT2D eigenvalue weighted by Gasteiger charge is 2.50. The van der Waals surface area contributed by atoms with Crippen LogP contribution < -0.4 is 5.32 Å². The average Bonchev–Trinajstić information content (AvgIpc) is 2.92. The molecule has 0 unspecified atom stereocenters. The van der Waals surface area contributed by atoms with E-state index in [0.29, 0.717) is 6.54 Å². The highest BCUT2D eigenvalue weighted by Crippen LogP contribution is 2.47. The number of imidazole rings is 1. The van der Waals surface area contributed by atoms with Gasteiger partial charge in [0.2, 0.25) is 5.91 Å². The van der Waals surface area contributed by atoms with E-state index in [9.17, 15) is 4.79 Å². The quantitative estimate of drug-likeness (QED) is 0.881. The molecule has 7 nitrogen and oxygen atoms in total. The first-order valence-electron chi connectivity index (χ1n) is 7.68. The Kier molecular flexibility index (Phi) is 3.72. The molecule has 0 saturated heterocycles. The molecule has 1 aliphatic rings. The number of aromatic nitrogens is 5. The van der Waals surface area contributed by atoms with Gasteiger partial charge in [-0.1, -0.05) is 0 Å². The molecule has 1 saturated carbocycles. The maximum absolute atomic E-state index is 12.6. The molecule has 1 fully saturated rings. The summed E-state index contributed by atoms with van der Waals surface area (Å²) in [5.74, 6) is 0.883. The molecule has 1 aliphatic carbocycles. The molecule has 2 aromatic rings. The lowest BCUT2D eigenvalue weighted by molar-refractivity contribution is -0.127. The van der Waals surface area contributed by atoms with Gasteiger partial charge in [-0.25, -0.2) is 4.98 Å². The van der Waals surface area contributed by atoms with Gasteiger partial charge in [0.1, 0.15) is 6.33 Å². The van der Waals surface area contributed by atoms with Crippen LogP contribution >= 0.6 is 0 Å². The average molecular weight is 302 g/mol. The molecule has 2 aromatic heterocycles. The van der Waals surface area contributed by atoms with Gasteiger partial charge in [-0.05, 0) is 33.6 Å². The number of nitrogens with one attached hydrogen (secondary N) is 1. The summed E-state index contributed by atoms with van der Waals surface area (Å²) in [6.07, 6.45) is 8.93. The zero-order valence-corrected chi connectivity index (χ0v) is 13.2. The van der Waals surface area contributed by atoms with E-state index >= 15 is 0 Å². The minimum absolute atomic E-state index is 0.0898. The zero-order chi connectivity index (χ0) is 15.7. The Bertz CT molecular complexity index is 641. The first-order valence-corrected chi connectivity index (χ1v) is 7.68. The fraction of sp³-hybridized carbons (Fsp3) is 0.600. The number of carbonyl (C=O) groups is 1. The van der Waals surface area contributed by atoms with Crippen LogP contribution in [0.15, 0.2) is 25.0 Å². The van der Waals surface area contributed by atoms with Gasteiger partial charge in [0.15, 0.2) is 5.82 Å². The monoisotopic (exact) mass is 302 g/mol. The zero-order valence-electron chi connectivity index (χ0n) is 13.2. The van der Waals surface area contributed by atoms with Crippen LogP contribution in [0.5, 0.6) is 0 Å². The standard InChI is InChI=1S/C15H22N6O/c1-11(2)21-10-17-19-13(21)12(3)18-14(22)15(4-5-15)8-20-7-6-16-9-20/h6-7,9-12H,4-5,8H2,1-3H3,(H,18,22)/t12-/m0/s1. The third-order valence-corrected chi connectivity index (χ3v) is 4.27. The Labute approximate surface area is 129 Å². The van der Waals surface area contributed by atoms with Crippen molar-refractivity contribution >= 4 is 5.91 Å². The minimum atomic E-state index is -0.294. The SMILES string of the molecule is CC(C)n1cnnc1[C@H](C)NC(=O)C1(Cn2ccnc2)CC1. The number of rotatable bonds is 6. The summed E-state index contributed by atoms with van der Waals surface area (Å²) < 4.78 is 3.95. The van der Waals surface area contributed by atoms with Crippen molar-refractivity contribution in [2.24, 2.45) is 5.41 Å². The summed E-state index contributed by atoms with van der Waals surface area (Å²) >= 11 is 0. The molecule has 22 heavy (non-hydrogen) atoms. The van der Waals surface area contributed by atoms with E-state index in [2.05, 4.69) is 34.3 Å². The number of hydrogen-bond donors (Lipinski definition) is 1. The Hall–Kier alpha value is -2.18. The van der Waals surface area contributed by atoms with Crippen molar-refractivity contribution in [2.45, 2.75) is 52.2 Å². The summed E-state index contributed by atoms with van der Waals surface area (Å²) in [4.78, 5) is 16.7. The first-order chi connectivity index (χ1) is 10.5. The lowest BCUT2D eigenvalue weighted by Crippen LogP contribution is -2.37. The summed E-state index contributed by atoms with van der Waals surface area (Å²) in [6.45, 7) is 6.78. The van der Waals surface area contributed by atoms with Crippen molar-refractivity contribution < 1.29 is 4.79 Å². The second-order valence-electron chi connectivity index (χ2n) is 6.40. The molecule has 0 radical (unpaired) electrons. The lowest BCUT2D eigenvalue weighted by atomic mass is 10.1. The van der Waals surface area contributed by atoms with E-state index < -0.39 is 0 Å². The predicted molar refractivity (Wildman–Crippen MR) is 80.9 cm³/mol. The molecule has 1 N–H and O–H groups in total. The second-order valence-corrected chi connectivity index (χ2v) is 6.40. The molecule has 2 heterocycles. The number of nitrogens with zero attached hydrogens (tertiary/aromatic N) is 5. The largest absolute Gasteiger partial charge is 0.346 e. The van der Waals surface area contributed by atoms with Gasteiger partial charge in [-0.15, -0.1) is 10.2 Å². The van der Waals surface area contributed by atoms with Gasteiger partial charge < -0.3 is 14.5 Å². The Balaban J connectivity index is 1.67. The summed E-state index contributed by atoms with van der Waals surface area (Å²) in [6, 6.07) is 0.114. The van der Waals surface area contributed by atoms with Crippen molar-refractivity contribution in [1.29, 1.82) is 0 Å². The van der Waals surface area contributed by atoms with Gasteiger partial charge >= 0.3 is 0 Å². The van der Waals surface area contributed by atoms with Crippen molar-refractivity contribution in [3.05, 3.63) is 30.9 Å². The molecule has 0 bridgehead atoms. The minimum Gasteiger partial charge on any atom is -0.346 e. The van der Waals surface area contributed by atoms with E-state index in [1.165, 1.54) is 0 Å². The van der Waals surface area contributed by atoms with E-state index in [4.69, 9.17) is 0 Å². The first kappa shape index (κ1) is 14.7. The van der Waals surface area contributed by atoms with Crippen LogP contribution in [0.2, 0.25) is 0 Å². The summed E-state index contributed by atoms with van der Waals surface area (Å²) in [5, 5.41) is 11.2. The molecular formula is C15H22N6O. The van der Waals surface area contributed by atoms with E-state index in [1.54, 1.807) is 18.9 Å². The Morgan fingerprint density at radius 1 is 1.36 bits per heavy atom. The molecule has 7 heteroatoms. The normalized spacial score (nSPS) is 17.5. The number of carbonyl (C=O) groups excluding carboxylic acids is 1. The molecule has 1 atom stereocenters. The van der Waals surface area contributed by atoms with Crippen LogP contribution in [0.4, 0.5) is 0 Å². The van der Waals surface area contributed by atoms with Gasteiger partial charge in [0, 0.05) is 25.0 Å². The molecule has 0 aliphatic heterocycles. The fourth-order valence-electron chi connectivity index (χ4n) is 2.71. The van der Waals surface area contributed by atoms with Gasteiger partial charge in [-0.3, -0.25) is 4.79 Å². The van der Waals surface area contributed by atoms with Crippen LogP contribution in [0.1, 0.15) is 51.5 Å². The maximum atomic E-state index is 12.6. The van der Waals surface area contributed by atoms with Crippen LogP contribution in [0.25, 0.3) is 0 Å². The second kappa shape index (κ2) is 5.55. The van der Waals surface area contributed by atoms with Gasteiger partial charge in [0.25, 0.3) is 0 Å². The van der Waals surface area contributed by atoms with Crippen LogP contribution in [-0.2, 0) is 11.3 Å². The van der Waals surface area contributed by atoms with E-state index in [1.807, 2.05) is 22.3 Å². The summed E-state index contributed by atoms with van der Waals surface area (Å²) in [7, 11) is 0. The van der Waals surface area contributed by atoms with Crippen molar-refractivity contribution in [3.63, 3.8) is 0 Å². The molecule has 0 aromatic carbocycles. The molecule has 3 rings (SSSR count). The van der Waals surface area contributed by atoms with Gasteiger partial charge in [-0.2, -0.15) is 0 Å². The smallest absolute Gasteiger partial charge is 0.228 e. The third kappa shape index (κ3) is 2.75. The van der Waals surface area contributed by atoms with Crippen molar-refractivity contribution in [3.8, 4) is 0 Å². The van der Waals surface area contributed by atoms with E-state index in [-0.39, 0.29) is 23.4 Å². The van der Waals surface area contributed by atoms with Crippen LogP contribution in [0.3, 0.4) is 0 Å². The Morgan fingerprint density at radius 3 is 2.73 bits per heavy atom. The molecule has 0 spiro atoms. The number of hydrogen-bond acceptors (Lipinski definition) is 4. The van der Waals surface area contributed by atoms with E-state index in [0.717, 1.165) is 18.7 Å². The molecule has 118 valence electrons. The third-order valence-electron chi connectivity index (χ3n) is 4.27. The lowest BCUT2D eigenvalue weighted by Gasteiger charge is -2.21. The number of amides is 1. The summed E-state index contributed by atoms with van der Waals surface area (Å²) in [5.41, 5.74) is -0.294. The predicted octanol–water partition coefficient (Wildman–Crippen LogP) is 1.71. The fourth-order valence-corrected chi connectivity index (χ4v) is 2.71. The highest BCUT2D eigenvalue weighted by molar-refractivity contribution is 5.85. The maximum Gasteiger partial charge on any atom is 0.228 e. The van der Waals surface area contributed by atoms with Crippen LogP contribution in [-0.4, -0.2) is 30.2 Å². The topological polar surface area (TPSA) is 77.6 Å². The molecular weight excluding hydrogens is 280 g/mol. The van der Waals surface area contributed by atoms with Crippen molar-refractivity contribution in [2.75, 3.05) is 0 Å². The van der Waals surface area contributed by atoms with Crippen molar-refractivity contribution in [1.82, 2.24) is 29.6 Å². The van der Waals surface area contributed by atoms with Gasteiger partial charge in [0.05, 0.1) is 17.8 Å². The van der Waals surface area contributed by atoms with Crippen LogP contribution in [0, 0.1) is 5.41 Å².